The summed E-state index contributed by atoms with van der Waals surface area (Å²) in [6, 6.07) is 5.71. The summed E-state index contributed by atoms with van der Waals surface area (Å²) in [6.07, 6.45) is 0.399. The molecular formula is C21H28N2O5. The summed E-state index contributed by atoms with van der Waals surface area (Å²) in [4.78, 5) is 26.4. The molecule has 1 unspecified atom stereocenters. The predicted molar refractivity (Wildman–Crippen MR) is 106 cm³/mol. The zero-order chi connectivity index (χ0) is 20.5. The van der Waals surface area contributed by atoms with Crippen molar-refractivity contribution in [1.29, 1.82) is 0 Å². The van der Waals surface area contributed by atoms with Gasteiger partial charge in [0.1, 0.15) is 5.41 Å². The molecule has 7 heteroatoms. The van der Waals surface area contributed by atoms with Crippen molar-refractivity contribution >= 4 is 22.8 Å². The zero-order valence-electron chi connectivity index (χ0n) is 16.9. The van der Waals surface area contributed by atoms with Crippen molar-refractivity contribution in [3.63, 3.8) is 0 Å². The van der Waals surface area contributed by atoms with Crippen molar-refractivity contribution in [1.82, 2.24) is 9.47 Å². The fourth-order valence-corrected chi connectivity index (χ4v) is 4.11. The highest BCUT2D eigenvalue weighted by Gasteiger charge is 2.46. The van der Waals surface area contributed by atoms with Gasteiger partial charge in [0.05, 0.1) is 13.2 Å². The molecular weight excluding hydrogens is 360 g/mol. The third-order valence-electron chi connectivity index (χ3n) is 5.92. The molecule has 7 nitrogen and oxygen atoms in total. The van der Waals surface area contributed by atoms with E-state index in [2.05, 4.69) is 18.4 Å². The summed E-state index contributed by atoms with van der Waals surface area (Å²) >= 11 is 0. The van der Waals surface area contributed by atoms with Gasteiger partial charge in [-0.05, 0) is 44.0 Å². The van der Waals surface area contributed by atoms with Crippen LogP contribution in [0.3, 0.4) is 0 Å². The van der Waals surface area contributed by atoms with Gasteiger partial charge in [-0.15, -0.1) is 0 Å². The largest absolute Gasteiger partial charge is 0.481 e. The number of hydrogen-bond acceptors (Lipinski definition) is 4. The van der Waals surface area contributed by atoms with Crippen LogP contribution < -0.4 is 0 Å². The Bertz CT molecular complexity index is 904. The maximum atomic E-state index is 13.0. The molecule has 0 spiro atoms. The van der Waals surface area contributed by atoms with E-state index in [0.29, 0.717) is 25.1 Å². The van der Waals surface area contributed by atoms with Crippen molar-refractivity contribution < 1.29 is 24.2 Å². The Kier molecular flexibility index (Phi) is 5.76. The van der Waals surface area contributed by atoms with E-state index in [0.717, 1.165) is 28.7 Å². The van der Waals surface area contributed by atoms with Crippen LogP contribution in [0.15, 0.2) is 18.2 Å². The van der Waals surface area contributed by atoms with Crippen LogP contribution in [0.4, 0.5) is 0 Å². The number of methoxy groups -OCH3 is 2. The number of nitrogens with zero attached hydrogens (tertiary/aromatic N) is 2. The standard InChI is InChI=1S/C21H28N2O5/c1-14-15(2)23(9-10-27-3)18-6-5-16(11-17(14)18)19(24)22-8-7-21(12-22,13-28-4)20(25)26/h5-6,11H,7-10,12-13H2,1-4H3,(H,25,26). The van der Waals surface area contributed by atoms with Gasteiger partial charge in [-0.3, -0.25) is 9.59 Å². The first-order chi connectivity index (χ1) is 13.3. The molecule has 1 N–H and O–H groups in total. The molecule has 152 valence electrons. The van der Waals surface area contributed by atoms with E-state index >= 15 is 0 Å². The zero-order valence-corrected chi connectivity index (χ0v) is 16.9. The number of rotatable bonds is 7. The summed E-state index contributed by atoms with van der Waals surface area (Å²) in [6.45, 7) is 6.18. The number of aryl methyl sites for hydroxylation is 1. The van der Waals surface area contributed by atoms with E-state index in [-0.39, 0.29) is 19.1 Å². The molecule has 28 heavy (non-hydrogen) atoms. The van der Waals surface area contributed by atoms with Crippen molar-refractivity contribution in [3.8, 4) is 0 Å². The van der Waals surface area contributed by atoms with E-state index in [1.54, 1.807) is 12.0 Å². The Morgan fingerprint density at radius 2 is 1.96 bits per heavy atom. The molecule has 1 amide bonds. The number of benzene rings is 1. The highest BCUT2D eigenvalue weighted by atomic mass is 16.5. The van der Waals surface area contributed by atoms with Crippen LogP contribution in [0.25, 0.3) is 10.9 Å². The number of likely N-dealkylation sites (tertiary alicyclic amines) is 1. The number of fused-ring (bicyclic) bond motifs is 1. The summed E-state index contributed by atoms with van der Waals surface area (Å²) in [5, 5.41) is 10.7. The molecule has 1 aliphatic heterocycles. The molecule has 0 saturated carbocycles. The SMILES string of the molecule is COCCn1c(C)c(C)c2cc(C(=O)N3CCC(COC)(C(=O)O)C3)ccc21. The van der Waals surface area contributed by atoms with E-state index in [1.165, 1.54) is 7.11 Å². The second-order valence-corrected chi connectivity index (χ2v) is 7.58. The number of aromatic nitrogens is 1. The first-order valence-electron chi connectivity index (χ1n) is 9.44. The quantitative estimate of drug-likeness (QED) is 0.788. The molecule has 1 fully saturated rings. The average molecular weight is 388 g/mol. The van der Waals surface area contributed by atoms with Gasteiger partial charge >= 0.3 is 5.97 Å². The molecule has 1 aliphatic rings. The van der Waals surface area contributed by atoms with Crippen LogP contribution in [0.2, 0.25) is 0 Å². The second-order valence-electron chi connectivity index (χ2n) is 7.58. The van der Waals surface area contributed by atoms with Gasteiger partial charge in [0, 0.05) is 56.0 Å². The van der Waals surface area contributed by atoms with Gasteiger partial charge in [-0.25, -0.2) is 0 Å². The van der Waals surface area contributed by atoms with E-state index in [4.69, 9.17) is 9.47 Å². The highest BCUT2D eigenvalue weighted by Crippen LogP contribution is 2.33. The van der Waals surface area contributed by atoms with Crippen LogP contribution in [-0.4, -0.2) is 67.0 Å². The molecule has 2 heterocycles. The second kappa shape index (κ2) is 7.93. The third kappa shape index (κ3) is 3.40. The van der Waals surface area contributed by atoms with Crippen molar-refractivity contribution in [2.24, 2.45) is 5.41 Å². The molecule has 0 bridgehead atoms. The summed E-state index contributed by atoms with van der Waals surface area (Å²) in [7, 11) is 3.17. The lowest BCUT2D eigenvalue weighted by Gasteiger charge is -2.23. The fraction of sp³-hybridized carbons (Fsp3) is 0.524. The first kappa shape index (κ1) is 20.4. The number of carboxylic acid groups (broad SMARTS) is 1. The maximum Gasteiger partial charge on any atom is 0.313 e. The van der Waals surface area contributed by atoms with Crippen molar-refractivity contribution in [2.75, 3.05) is 40.5 Å². The number of aliphatic carboxylic acids is 1. The maximum absolute atomic E-state index is 13.0. The predicted octanol–water partition coefficient (Wildman–Crippen LogP) is 2.47. The topological polar surface area (TPSA) is 81.0 Å². The monoisotopic (exact) mass is 388 g/mol. The Hall–Kier alpha value is -2.38. The normalized spacial score (nSPS) is 19.5. The van der Waals surface area contributed by atoms with Gasteiger partial charge < -0.3 is 24.0 Å². The Balaban J connectivity index is 1.89. The van der Waals surface area contributed by atoms with Crippen LogP contribution in [0, 0.1) is 19.3 Å². The lowest BCUT2D eigenvalue weighted by Crippen LogP contribution is -2.40. The van der Waals surface area contributed by atoms with E-state index in [1.807, 2.05) is 18.2 Å². The fourth-order valence-electron chi connectivity index (χ4n) is 4.11. The highest BCUT2D eigenvalue weighted by molar-refractivity contribution is 5.99. The molecule has 1 saturated heterocycles. The molecule has 3 rings (SSSR count). The molecule has 0 radical (unpaired) electrons. The summed E-state index contributed by atoms with van der Waals surface area (Å²) in [5.74, 6) is -1.05. The van der Waals surface area contributed by atoms with Crippen LogP contribution in [0.5, 0.6) is 0 Å². The van der Waals surface area contributed by atoms with Gasteiger partial charge in [0.25, 0.3) is 5.91 Å². The number of amides is 1. The number of hydrogen-bond donors (Lipinski definition) is 1. The van der Waals surface area contributed by atoms with E-state index < -0.39 is 11.4 Å². The van der Waals surface area contributed by atoms with Crippen LogP contribution in [0.1, 0.15) is 28.0 Å². The summed E-state index contributed by atoms with van der Waals surface area (Å²) < 4.78 is 12.5. The molecule has 2 aromatic rings. The minimum Gasteiger partial charge on any atom is -0.481 e. The van der Waals surface area contributed by atoms with Gasteiger partial charge in [0.2, 0.25) is 0 Å². The molecule has 1 atom stereocenters. The number of carbonyl (C=O) groups excluding carboxylic acids is 1. The molecule has 1 aromatic heterocycles. The van der Waals surface area contributed by atoms with Gasteiger partial charge in [-0.1, -0.05) is 0 Å². The Morgan fingerprint density at radius 1 is 1.21 bits per heavy atom. The number of ether oxygens (including phenoxy) is 2. The van der Waals surface area contributed by atoms with Crippen molar-refractivity contribution in [3.05, 3.63) is 35.0 Å². The molecule has 1 aromatic carbocycles. The smallest absolute Gasteiger partial charge is 0.313 e. The van der Waals surface area contributed by atoms with Crippen LogP contribution in [-0.2, 0) is 20.8 Å². The Morgan fingerprint density at radius 3 is 2.61 bits per heavy atom. The van der Waals surface area contributed by atoms with Crippen molar-refractivity contribution in [2.45, 2.75) is 26.8 Å². The lowest BCUT2D eigenvalue weighted by molar-refractivity contribution is -0.151. The Labute approximate surface area is 164 Å². The van der Waals surface area contributed by atoms with E-state index in [9.17, 15) is 14.7 Å². The van der Waals surface area contributed by atoms with Gasteiger partial charge in [-0.2, -0.15) is 0 Å². The minimum atomic E-state index is -1.02. The molecule has 0 aliphatic carbocycles. The third-order valence-corrected chi connectivity index (χ3v) is 5.92. The average Bonchev–Trinajstić information content (AvgIpc) is 3.21. The first-order valence-corrected chi connectivity index (χ1v) is 9.44. The lowest BCUT2D eigenvalue weighted by atomic mass is 9.88. The number of carbonyl (C=O) groups is 2. The summed E-state index contributed by atoms with van der Waals surface area (Å²) in [5.41, 5.74) is 2.93. The minimum absolute atomic E-state index is 0.103. The van der Waals surface area contributed by atoms with Crippen LogP contribution >= 0.6 is 0 Å². The number of carboxylic acids is 1. The van der Waals surface area contributed by atoms with Gasteiger partial charge in [0.15, 0.2) is 0 Å².